The van der Waals surface area contributed by atoms with Gasteiger partial charge >= 0.3 is 0 Å². The number of aromatic nitrogens is 2. The van der Waals surface area contributed by atoms with Gasteiger partial charge in [0.2, 0.25) is 0 Å². The summed E-state index contributed by atoms with van der Waals surface area (Å²) in [4.78, 5) is 12.4. The minimum absolute atomic E-state index is 0.207. The molecule has 3 aromatic rings. The summed E-state index contributed by atoms with van der Waals surface area (Å²) in [5, 5.41) is 10.2. The van der Waals surface area contributed by atoms with Gasteiger partial charge in [-0.25, -0.2) is 4.39 Å². The molecule has 26 heavy (non-hydrogen) atoms. The van der Waals surface area contributed by atoms with Gasteiger partial charge in [0.25, 0.3) is 5.91 Å². The highest BCUT2D eigenvalue weighted by Crippen LogP contribution is 2.22. The van der Waals surface area contributed by atoms with Crippen molar-refractivity contribution in [1.82, 2.24) is 15.5 Å². The number of hydrogen-bond donors (Lipinski definition) is 2. The lowest BCUT2D eigenvalue weighted by atomic mass is 10.1. The average Bonchev–Trinajstić information content (AvgIpc) is 3.13. The van der Waals surface area contributed by atoms with Crippen LogP contribution < -0.4 is 10.1 Å². The van der Waals surface area contributed by atoms with Crippen molar-refractivity contribution in [2.24, 2.45) is 0 Å². The molecule has 1 heterocycles. The summed E-state index contributed by atoms with van der Waals surface area (Å²) in [6.45, 7) is 0.704. The number of halogens is 2. The van der Waals surface area contributed by atoms with Crippen molar-refractivity contribution < 1.29 is 13.9 Å². The van der Waals surface area contributed by atoms with Crippen LogP contribution in [0.25, 0.3) is 11.3 Å². The molecule has 0 fully saturated rings. The molecule has 0 saturated heterocycles. The molecule has 3 rings (SSSR count). The van der Waals surface area contributed by atoms with Gasteiger partial charge in [-0.1, -0.05) is 35.9 Å². The maximum Gasteiger partial charge on any atom is 0.255 e. The lowest BCUT2D eigenvalue weighted by Crippen LogP contribution is -2.25. The molecule has 0 radical (unpaired) electrons. The van der Waals surface area contributed by atoms with Crippen LogP contribution in [0.2, 0.25) is 5.02 Å². The van der Waals surface area contributed by atoms with Crippen molar-refractivity contribution >= 4 is 17.5 Å². The smallest absolute Gasteiger partial charge is 0.255 e. The first kappa shape index (κ1) is 17.9. The first-order valence-electron chi connectivity index (χ1n) is 8.10. The summed E-state index contributed by atoms with van der Waals surface area (Å²) in [6, 6.07) is 13.3. The molecular weight excluding hydrogens is 357 g/mol. The van der Waals surface area contributed by atoms with Crippen molar-refractivity contribution in [2.75, 3.05) is 13.2 Å². The Labute approximate surface area is 155 Å². The lowest BCUT2D eigenvalue weighted by Gasteiger charge is -2.08. The number of carbonyl (C=O) groups excluding carboxylic acids is 1. The Balaban J connectivity index is 1.51. The molecule has 0 spiro atoms. The van der Waals surface area contributed by atoms with E-state index in [9.17, 15) is 9.18 Å². The third kappa shape index (κ3) is 4.40. The van der Waals surface area contributed by atoms with Gasteiger partial charge < -0.3 is 10.1 Å². The van der Waals surface area contributed by atoms with Crippen LogP contribution in [0.4, 0.5) is 4.39 Å². The van der Waals surface area contributed by atoms with E-state index in [1.54, 1.807) is 30.3 Å². The Morgan fingerprint density at radius 1 is 1.19 bits per heavy atom. The Kier molecular flexibility index (Phi) is 5.86. The van der Waals surface area contributed by atoms with Crippen LogP contribution in [-0.2, 0) is 0 Å². The second-order valence-electron chi connectivity index (χ2n) is 5.55. The highest BCUT2D eigenvalue weighted by Gasteiger charge is 2.14. The van der Waals surface area contributed by atoms with E-state index >= 15 is 0 Å². The molecule has 0 bridgehead atoms. The third-order valence-electron chi connectivity index (χ3n) is 3.72. The number of carbonyl (C=O) groups is 1. The van der Waals surface area contributed by atoms with Crippen LogP contribution in [0.3, 0.4) is 0 Å². The SMILES string of the molecule is O=C(NCCCOc1ccccc1F)c1cn[nH]c1-c1ccc(Cl)cc1. The van der Waals surface area contributed by atoms with E-state index in [0.717, 1.165) is 5.56 Å². The number of rotatable bonds is 7. The van der Waals surface area contributed by atoms with Crippen molar-refractivity contribution in [1.29, 1.82) is 0 Å². The molecule has 0 atom stereocenters. The summed E-state index contributed by atoms with van der Waals surface area (Å²) < 4.78 is 18.8. The number of aromatic amines is 1. The van der Waals surface area contributed by atoms with Crippen LogP contribution in [0, 0.1) is 5.82 Å². The highest BCUT2D eigenvalue weighted by atomic mass is 35.5. The molecule has 0 aliphatic rings. The van der Waals surface area contributed by atoms with E-state index in [1.807, 2.05) is 12.1 Å². The maximum atomic E-state index is 13.4. The summed E-state index contributed by atoms with van der Waals surface area (Å²) in [6.07, 6.45) is 2.03. The van der Waals surface area contributed by atoms with Crippen LogP contribution in [0.5, 0.6) is 5.75 Å². The number of amides is 1. The van der Waals surface area contributed by atoms with E-state index in [0.29, 0.717) is 35.9 Å². The van der Waals surface area contributed by atoms with Crippen molar-refractivity contribution in [2.45, 2.75) is 6.42 Å². The molecule has 7 heteroatoms. The molecule has 0 aliphatic carbocycles. The Morgan fingerprint density at radius 3 is 2.73 bits per heavy atom. The van der Waals surface area contributed by atoms with Crippen LogP contribution in [-0.4, -0.2) is 29.3 Å². The summed E-state index contributed by atoms with van der Waals surface area (Å²) in [5.41, 5.74) is 1.89. The van der Waals surface area contributed by atoms with Crippen LogP contribution in [0.1, 0.15) is 16.8 Å². The highest BCUT2D eigenvalue weighted by molar-refractivity contribution is 6.30. The Bertz CT molecular complexity index is 881. The predicted octanol–water partition coefficient (Wildman–Crippen LogP) is 4.07. The second-order valence-corrected chi connectivity index (χ2v) is 5.99. The Morgan fingerprint density at radius 2 is 1.96 bits per heavy atom. The molecular formula is C19H17ClFN3O2. The Hall–Kier alpha value is -2.86. The topological polar surface area (TPSA) is 67.0 Å². The predicted molar refractivity (Wildman–Crippen MR) is 97.9 cm³/mol. The van der Waals surface area contributed by atoms with E-state index in [-0.39, 0.29) is 11.7 Å². The van der Waals surface area contributed by atoms with Gasteiger partial charge in [0.15, 0.2) is 11.6 Å². The number of hydrogen-bond acceptors (Lipinski definition) is 3. The fourth-order valence-corrected chi connectivity index (χ4v) is 2.53. The molecule has 5 nitrogen and oxygen atoms in total. The van der Waals surface area contributed by atoms with Gasteiger partial charge in [-0.3, -0.25) is 9.89 Å². The molecule has 134 valence electrons. The first-order chi connectivity index (χ1) is 12.6. The molecule has 0 aliphatic heterocycles. The largest absolute Gasteiger partial charge is 0.490 e. The standard InChI is InChI=1S/C19H17ClFN3O2/c20-14-8-6-13(7-9-14)18-15(12-23-24-18)19(25)22-10-3-11-26-17-5-2-1-4-16(17)21/h1-2,4-9,12H,3,10-11H2,(H,22,25)(H,23,24). The van der Waals surface area contributed by atoms with Gasteiger partial charge in [0, 0.05) is 17.1 Å². The van der Waals surface area contributed by atoms with Crippen molar-refractivity contribution in [3.63, 3.8) is 0 Å². The van der Waals surface area contributed by atoms with Crippen LogP contribution >= 0.6 is 11.6 Å². The zero-order chi connectivity index (χ0) is 18.4. The van der Waals surface area contributed by atoms with Crippen molar-refractivity contribution in [3.05, 3.63) is 71.1 Å². The van der Waals surface area contributed by atoms with E-state index in [4.69, 9.17) is 16.3 Å². The third-order valence-corrected chi connectivity index (χ3v) is 3.97. The van der Waals surface area contributed by atoms with Crippen LogP contribution in [0.15, 0.2) is 54.7 Å². The summed E-state index contributed by atoms with van der Waals surface area (Å²) in [7, 11) is 0. The average molecular weight is 374 g/mol. The molecule has 2 N–H and O–H groups in total. The summed E-state index contributed by atoms with van der Waals surface area (Å²) in [5.74, 6) is -0.434. The second kappa shape index (κ2) is 8.49. The lowest BCUT2D eigenvalue weighted by molar-refractivity contribution is 0.0952. The molecule has 1 aromatic heterocycles. The molecule has 0 saturated carbocycles. The fourth-order valence-electron chi connectivity index (χ4n) is 2.41. The van der Waals surface area contributed by atoms with Gasteiger partial charge in [0.1, 0.15) is 0 Å². The van der Waals surface area contributed by atoms with Gasteiger partial charge in [-0.2, -0.15) is 5.10 Å². The molecule has 2 aromatic carbocycles. The van der Waals surface area contributed by atoms with Gasteiger partial charge in [-0.15, -0.1) is 0 Å². The summed E-state index contributed by atoms with van der Waals surface area (Å²) >= 11 is 5.89. The number of H-pyrrole nitrogens is 1. The number of ether oxygens (including phenoxy) is 1. The van der Waals surface area contributed by atoms with E-state index in [2.05, 4.69) is 15.5 Å². The number of nitrogens with zero attached hydrogens (tertiary/aromatic N) is 1. The zero-order valence-electron chi connectivity index (χ0n) is 13.8. The fraction of sp³-hybridized carbons (Fsp3) is 0.158. The molecule has 1 amide bonds. The van der Waals surface area contributed by atoms with E-state index < -0.39 is 5.82 Å². The monoisotopic (exact) mass is 373 g/mol. The first-order valence-corrected chi connectivity index (χ1v) is 8.48. The number of benzene rings is 2. The van der Waals surface area contributed by atoms with Gasteiger partial charge in [-0.05, 0) is 30.7 Å². The normalized spacial score (nSPS) is 10.5. The maximum absolute atomic E-state index is 13.4. The minimum atomic E-state index is -0.400. The zero-order valence-corrected chi connectivity index (χ0v) is 14.6. The number of nitrogens with one attached hydrogen (secondary N) is 2. The van der Waals surface area contributed by atoms with Crippen molar-refractivity contribution in [3.8, 4) is 17.0 Å². The number of para-hydroxylation sites is 1. The minimum Gasteiger partial charge on any atom is -0.490 e. The van der Waals surface area contributed by atoms with Gasteiger partial charge in [0.05, 0.1) is 24.1 Å². The molecule has 0 unspecified atom stereocenters. The van der Waals surface area contributed by atoms with E-state index in [1.165, 1.54) is 12.3 Å². The quantitative estimate of drug-likeness (QED) is 0.613.